The molecular weight excluding hydrogens is 296 g/mol. The van der Waals surface area contributed by atoms with Crippen LogP contribution in [0.5, 0.6) is 5.88 Å². The summed E-state index contributed by atoms with van der Waals surface area (Å²) in [5.41, 5.74) is 1.62. The van der Waals surface area contributed by atoms with Crippen molar-refractivity contribution in [3.8, 4) is 5.88 Å². The van der Waals surface area contributed by atoms with Crippen molar-refractivity contribution >= 4 is 11.5 Å². The van der Waals surface area contributed by atoms with E-state index in [0.717, 1.165) is 12.2 Å². The van der Waals surface area contributed by atoms with Crippen molar-refractivity contribution in [2.45, 2.75) is 26.3 Å². The molecule has 0 unspecified atom stereocenters. The summed E-state index contributed by atoms with van der Waals surface area (Å²) < 4.78 is 5.65. The molecule has 3 rings (SSSR count). The van der Waals surface area contributed by atoms with Crippen molar-refractivity contribution in [2.24, 2.45) is 5.92 Å². The molecule has 2 aromatic heterocycles. The topological polar surface area (TPSA) is 90.2 Å². The average molecular weight is 314 g/mol. The highest BCUT2D eigenvalue weighted by Gasteiger charge is 2.22. The zero-order valence-corrected chi connectivity index (χ0v) is 12.9. The molecule has 0 atom stereocenters. The second kappa shape index (κ2) is 6.60. The minimum Gasteiger partial charge on any atom is -0.477 e. The Morgan fingerprint density at radius 3 is 2.91 bits per heavy atom. The number of pyridine rings is 2. The van der Waals surface area contributed by atoms with Gasteiger partial charge in [0.15, 0.2) is 0 Å². The molecule has 0 bridgehead atoms. The molecule has 1 aliphatic rings. The third-order valence-electron chi connectivity index (χ3n) is 3.72. The summed E-state index contributed by atoms with van der Waals surface area (Å²) in [6, 6.07) is 5.46. The van der Waals surface area contributed by atoms with Gasteiger partial charge in [0.25, 0.3) is 5.69 Å². The molecule has 2 heterocycles. The number of hydrogen-bond donors (Lipinski definition) is 1. The maximum atomic E-state index is 10.8. The Balaban J connectivity index is 1.60. The van der Waals surface area contributed by atoms with Crippen molar-refractivity contribution in [3.63, 3.8) is 0 Å². The predicted molar refractivity (Wildman–Crippen MR) is 85.4 cm³/mol. The molecule has 1 saturated carbocycles. The van der Waals surface area contributed by atoms with Gasteiger partial charge in [0.05, 0.1) is 11.5 Å². The highest BCUT2D eigenvalue weighted by molar-refractivity contribution is 5.47. The smallest absolute Gasteiger partial charge is 0.290 e. The maximum Gasteiger partial charge on any atom is 0.290 e. The lowest BCUT2D eigenvalue weighted by molar-refractivity contribution is -0.385. The molecule has 1 fully saturated rings. The van der Waals surface area contributed by atoms with Crippen LogP contribution in [0.25, 0.3) is 0 Å². The Morgan fingerprint density at radius 2 is 2.22 bits per heavy atom. The van der Waals surface area contributed by atoms with Gasteiger partial charge in [-0.1, -0.05) is 0 Å². The molecule has 120 valence electrons. The molecule has 1 N–H and O–H groups in total. The molecule has 7 nitrogen and oxygen atoms in total. The van der Waals surface area contributed by atoms with Gasteiger partial charge in [-0.3, -0.25) is 10.1 Å². The molecule has 0 radical (unpaired) electrons. The van der Waals surface area contributed by atoms with Crippen molar-refractivity contribution in [1.29, 1.82) is 0 Å². The van der Waals surface area contributed by atoms with E-state index in [1.165, 1.54) is 19.0 Å². The van der Waals surface area contributed by atoms with Gasteiger partial charge in [-0.2, -0.15) is 0 Å². The van der Waals surface area contributed by atoms with Gasteiger partial charge in [0.2, 0.25) is 5.88 Å². The zero-order valence-electron chi connectivity index (χ0n) is 12.9. The molecule has 0 aliphatic heterocycles. The van der Waals surface area contributed by atoms with Crippen LogP contribution in [0.4, 0.5) is 11.5 Å². The Labute approximate surface area is 133 Å². The van der Waals surface area contributed by atoms with E-state index in [-0.39, 0.29) is 5.69 Å². The van der Waals surface area contributed by atoms with Crippen LogP contribution in [-0.2, 0) is 6.54 Å². The fraction of sp³-hybridized carbons (Fsp3) is 0.375. The minimum absolute atomic E-state index is 0.0234. The summed E-state index contributed by atoms with van der Waals surface area (Å²) in [5.74, 6) is 1.92. The van der Waals surface area contributed by atoms with Crippen LogP contribution in [-0.4, -0.2) is 21.5 Å². The van der Waals surface area contributed by atoms with Crippen LogP contribution in [0.3, 0.4) is 0 Å². The normalized spacial score (nSPS) is 13.6. The molecule has 0 aromatic carbocycles. The van der Waals surface area contributed by atoms with E-state index < -0.39 is 4.92 Å². The number of nitrogens with one attached hydrogen (secondary N) is 1. The summed E-state index contributed by atoms with van der Waals surface area (Å²) in [4.78, 5) is 18.6. The number of hydrogen-bond acceptors (Lipinski definition) is 6. The standard InChI is InChI=1S/C16H18N4O3/c1-11-6-15(19-9-14(11)20(21)22)18-8-13-4-5-17-16(7-13)23-10-12-2-3-12/h4-7,9,12H,2-3,8,10H2,1H3,(H,18,19). The van der Waals surface area contributed by atoms with Crippen molar-refractivity contribution < 1.29 is 9.66 Å². The number of nitrogens with zero attached hydrogens (tertiary/aromatic N) is 3. The first-order valence-electron chi connectivity index (χ1n) is 7.54. The van der Waals surface area contributed by atoms with Gasteiger partial charge < -0.3 is 10.1 Å². The van der Waals surface area contributed by atoms with Gasteiger partial charge in [-0.05, 0) is 43.4 Å². The van der Waals surface area contributed by atoms with E-state index in [1.807, 2.05) is 12.1 Å². The molecular formula is C16H18N4O3. The SMILES string of the molecule is Cc1cc(NCc2ccnc(OCC3CC3)c2)ncc1[N+](=O)[O-]. The number of aryl methyl sites for hydroxylation is 1. The molecule has 0 amide bonds. The van der Waals surface area contributed by atoms with E-state index in [4.69, 9.17) is 4.74 Å². The fourth-order valence-corrected chi connectivity index (χ4v) is 2.16. The lowest BCUT2D eigenvalue weighted by atomic mass is 10.2. The van der Waals surface area contributed by atoms with Crippen LogP contribution < -0.4 is 10.1 Å². The maximum absolute atomic E-state index is 10.8. The first kappa shape index (κ1) is 15.2. The summed E-state index contributed by atoms with van der Waals surface area (Å²) in [6.45, 7) is 2.97. The van der Waals surface area contributed by atoms with Gasteiger partial charge in [0.1, 0.15) is 12.0 Å². The fourth-order valence-electron chi connectivity index (χ4n) is 2.16. The Bertz CT molecular complexity index is 716. The summed E-state index contributed by atoms with van der Waals surface area (Å²) in [7, 11) is 0. The zero-order chi connectivity index (χ0) is 16.2. The second-order valence-electron chi connectivity index (χ2n) is 5.72. The number of rotatable bonds is 7. The average Bonchev–Trinajstić information content (AvgIpc) is 3.35. The monoisotopic (exact) mass is 314 g/mol. The van der Waals surface area contributed by atoms with Gasteiger partial charge >= 0.3 is 0 Å². The lowest BCUT2D eigenvalue weighted by Gasteiger charge is -2.08. The largest absolute Gasteiger partial charge is 0.477 e. The summed E-state index contributed by atoms with van der Waals surface area (Å²) in [5, 5.41) is 13.9. The number of ether oxygens (including phenoxy) is 1. The highest BCUT2D eigenvalue weighted by atomic mass is 16.6. The van der Waals surface area contributed by atoms with Crippen molar-refractivity contribution in [2.75, 3.05) is 11.9 Å². The first-order chi connectivity index (χ1) is 11.1. The van der Waals surface area contributed by atoms with Crippen LogP contribution in [0.15, 0.2) is 30.6 Å². The number of nitro groups is 1. The van der Waals surface area contributed by atoms with Crippen LogP contribution in [0.2, 0.25) is 0 Å². The quantitative estimate of drug-likeness (QED) is 0.624. The van der Waals surface area contributed by atoms with Crippen LogP contribution in [0.1, 0.15) is 24.0 Å². The Hall–Kier alpha value is -2.70. The molecule has 0 saturated heterocycles. The Morgan fingerprint density at radius 1 is 1.39 bits per heavy atom. The predicted octanol–water partition coefficient (Wildman–Crippen LogP) is 3.09. The highest BCUT2D eigenvalue weighted by Crippen LogP contribution is 2.29. The van der Waals surface area contributed by atoms with Crippen molar-refractivity contribution in [3.05, 3.63) is 51.8 Å². The van der Waals surface area contributed by atoms with E-state index in [2.05, 4.69) is 15.3 Å². The van der Waals surface area contributed by atoms with Gasteiger partial charge in [-0.15, -0.1) is 0 Å². The molecule has 23 heavy (non-hydrogen) atoms. The summed E-state index contributed by atoms with van der Waals surface area (Å²) >= 11 is 0. The molecule has 2 aromatic rings. The third kappa shape index (κ3) is 4.15. The van der Waals surface area contributed by atoms with Crippen molar-refractivity contribution in [1.82, 2.24) is 9.97 Å². The minimum atomic E-state index is -0.432. The van der Waals surface area contributed by atoms with Crippen LogP contribution in [0, 0.1) is 23.0 Å². The van der Waals surface area contributed by atoms with Gasteiger partial charge in [-0.25, -0.2) is 9.97 Å². The lowest BCUT2D eigenvalue weighted by Crippen LogP contribution is -2.05. The molecule has 7 heteroatoms. The third-order valence-corrected chi connectivity index (χ3v) is 3.72. The molecule has 1 aliphatic carbocycles. The molecule has 0 spiro atoms. The van der Waals surface area contributed by atoms with E-state index in [9.17, 15) is 10.1 Å². The van der Waals surface area contributed by atoms with Gasteiger partial charge in [0, 0.05) is 24.4 Å². The summed E-state index contributed by atoms with van der Waals surface area (Å²) in [6.07, 6.45) is 5.47. The van der Waals surface area contributed by atoms with E-state index >= 15 is 0 Å². The van der Waals surface area contributed by atoms with Crippen LogP contribution >= 0.6 is 0 Å². The second-order valence-corrected chi connectivity index (χ2v) is 5.72. The first-order valence-corrected chi connectivity index (χ1v) is 7.54. The number of aromatic nitrogens is 2. The Kier molecular flexibility index (Phi) is 4.36. The number of anilines is 1. The van der Waals surface area contributed by atoms with E-state index in [0.29, 0.717) is 29.7 Å². The van der Waals surface area contributed by atoms with E-state index in [1.54, 1.807) is 19.2 Å².